The number of benzene rings is 2. The van der Waals surface area contributed by atoms with Gasteiger partial charge in [0.1, 0.15) is 5.78 Å². The molecule has 0 N–H and O–H groups in total. The monoisotopic (exact) mass is 350 g/mol. The zero-order valence-electron chi connectivity index (χ0n) is 14.6. The summed E-state index contributed by atoms with van der Waals surface area (Å²) in [6.45, 7) is 0.217. The molecule has 26 heavy (non-hydrogen) atoms. The summed E-state index contributed by atoms with van der Waals surface area (Å²) < 4.78 is 10.9. The van der Waals surface area contributed by atoms with Gasteiger partial charge in [-0.1, -0.05) is 42.8 Å². The van der Waals surface area contributed by atoms with Crippen LogP contribution in [0.4, 0.5) is 0 Å². The average Bonchev–Trinajstić information content (AvgIpc) is 3.15. The summed E-state index contributed by atoms with van der Waals surface area (Å²) in [7, 11) is 0. The van der Waals surface area contributed by atoms with E-state index in [0.29, 0.717) is 24.2 Å². The molecule has 0 unspecified atom stereocenters. The first kappa shape index (κ1) is 16.8. The molecular weight excluding hydrogens is 328 g/mol. The van der Waals surface area contributed by atoms with Gasteiger partial charge in [0.25, 0.3) is 0 Å². The predicted molar refractivity (Wildman–Crippen MR) is 97.7 cm³/mol. The molecule has 0 aromatic heterocycles. The van der Waals surface area contributed by atoms with Crippen LogP contribution in [0.5, 0.6) is 11.5 Å². The second-order valence-electron chi connectivity index (χ2n) is 7.03. The molecule has 4 rings (SSSR count). The molecule has 0 radical (unpaired) electrons. The second kappa shape index (κ2) is 7.32. The number of carbonyl (C=O) groups is 2. The van der Waals surface area contributed by atoms with Crippen molar-refractivity contribution in [2.75, 3.05) is 6.79 Å². The van der Waals surface area contributed by atoms with Crippen molar-refractivity contribution in [3.05, 3.63) is 59.7 Å². The highest BCUT2D eigenvalue weighted by atomic mass is 16.7. The fourth-order valence-electron chi connectivity index (χ4n) is 4.01. The molecule has 0 bridgehead atoms. The van der Waals surface area contributed by atoms with Crippen molar-refractivity contribution < 1.29 is 19.1 Å². The van der Waals surface area contributed by atoms with Gasteiger partial charge in [-0.05, 0) is 30.5 Å². The highest BCUT2D eigenvalue weighted by Gasteiger charge is 2.33. The number of ketones is 2. The lowest BCUT2D eigenvalue weighted by Crippen LogP contribution is -2.27. The van der Waals surface area contributed by atoms with Crippen LogP contribution in [0.25, 0.3) is 0 Å². The third kappa shape index (κ3) is 3.36. The van der Waals surface area contributed by atoms with Crippen LogP contribution in [-0.4, -0.2) is 18.4 Å². The third-order valence-corrected chi connectivity index (χ3v) is 5.41. The maximum Gasteiger partial charge on any atom is 0.231 e. The lowest BCUT2D eigenvalue weighted by atomic mass is 9.73. The number of hydrogen-bond acceptors (Lipinski definition) is 4. The summed E-state index contributed by atoms with van der Waals surface area (Å²) >= 11 is 0. The predicted octanol–water partition coefficient (Wildman–Crippen LogP) is 4.53. The molecule has 1 saturated carbocycles. The van der Waals surface area contributed by atoms with Crippen molar-refractivity contribution in [2.24, 2.45) is 5.92 Å². The van der Waals surface area contributed by atoms with Crippen LogP contribution in [-0.2, 0) is 4.79 Å². The van der Waals surface area contributed by atoms with Crippen LogP contribution >= 0.6 is 0 Å². The van der Waals surface area contributed by atoms with Gasteiger partial charge in [0.15, 0.2) is 17.3 Å². The van der Waals surface area contributed by atoms with Crippen LogP contribution in [0, 0.1) is 5.92 Å². The van der Waals surface area contributed by atoms with E-state index < -0.39 is 0 Å². The molecule has 0 spiro atoms. The molecule has 1 heterocycles. The summed E-state index contributed by atoms with van der Waals surface area (Å²) in [6.07, 6.45) is 3.79. The zero-order valence-corrected chi connectivity index (χ0v) is 14.6. The Kier molecular flexibility index (Phi) is 4.74. The zero-order chi connectivity index (χ0) is 17.9. The van der Waals surface area contributed by atoms with Gasteiger partial charge in [0.2, 0.25) is 6.79 Å². The van der Waals surface area contributed by atoms with Crippen molar-refractivity contribution in [2.45, 2.75) is 38.0 Å². The highest BCUT2D eigenvalue weighted by molar-refractivity contribution is 5.97. The first-order valence-corrected chi connectivity index (χ1v) is 9.23. The SMILES string of the molecule is O=C(C[C@@H](c1ccc2c(c1)OCO2)[C@H]1CCCCC1=O)c1ccccc1. The first-order valence-electron chi connectivity index (χ1n) is 9.23. The van der Waals surface area contributed by atoms with E-state index in [1.165, 1.54) is 0 Å². The smallest absolute Gasteiger partial charge is 0.231 e. The fourth-order valence-corrected chi connectivity index (χ4v) is 4.01. The molecule has 1 fully saturated rings. The molecule has 2 atom stereocenters. The van der Waals surface area contributed by atoms with Crippen LogP contribution in [0.2, 0.25) is 0 Å². The minimum absolute atomic E-state index is 0.0756. The van der Waals surface area contributed by atoms with E-state index >= 15 is 0 Å². The van der Waals surface area contributed by atoms with E-state index in [9.17, 15) is 9.59 Å². The Labute approximate surface area is 153 Å². The number of Topliss-reactive ketones (excluding diaryl/α,β-unsaturated/α-hetero) is 2. The van der Waals surface area contributed by atoms with Crippen molar-refractivity contribution in [1.29, 1.82) is 0 Å². The van der Waals surface area contributed by atoms with Crippen molar-refractivity contribution >= 4 is 11.6 Å². The largest absolute Gasteiger partial charge is 0.454 e. The molecule has 1 aliphatic carbocycles. The summed E-state index contributed by atoms with van der Waals surface area (Å²) in [5.74, 6) is 1.55. The van der Waals surface area contributed by atoms with Gasteiger partial charge in [0.05, 0.1) is 0 Å². The number of hydrogen-bond donors (Lipinski definition) is 0. The molecule has 0 saturated heterocycles. The molecule has 4 heteroatoms. The Hall–Kier alpha value is -2.62. The van der Waals surface area contributed by atoms with E-state index in [0.717, 1.165) is 30.6 Å². The molecular formula is C22H22O4. The topological polar surface area (TPSA) is 52.6 Å². The molecule has 2 aromatic rings. The Morgan fingerprint density at radius 2 is 1.85 bits per heavy atom. The van der Waals surface area contributed by atoms with Crippen molar-refractivity contribution in [3.8, 4) is 11.5 Å². The normalized spacial score (nSPS) is 20.0. The highest BCUT2D eigenvalue weighted by Crippen LogP contribution is 2.41. The van der Waals surface area contributed by atoms with E-state index in [4.69, 9.17) is 9.47 Å². The van der Waals surface area contributed by atoms with Crippen LogP contribution < -0.4 is 9.47 Å². The van der Waals surface area contributed by atoms with Gasteiger partial charge in [-0.25, -0.2) is 0 Å². The second-order valence-corrected chi connectivity index (χ2v) is 7.03. The number of rotatable bonds is 5. The van der Waals surface area contributed by atoms with Gasteiger partial charge < -0.3 is 9.47 Å². The Balaban J connectivity index is 1.65. The maximum absolute atomic E-state index is 12.8. The number of fused-ring (bicyclic) bond motifs is 1. The molecule has 2 aliphatic rings. The Bertz CT molecular complexity index is 812. The minimum atomic E-state index is -0.120. The standard InChI is InChI=1S/C22H22O4/c23-19-9-5-4-8-17(19)18(13-20(24)15-6-2-1-3-7-15)16-10-11-21-22(12-16)26-14-25-21/h1-3,6-7,10-12,17-18H,4-5,8-9,13-14H2/t17-,18+/m1/s1. The van der Waals surface area contributed by atoms with E-state index in [-0.39, 0.29) is 30.2 Å². The Morgan fingerprint density at radius 1 is 1.04 bits per heavy atom. The van der Waals surface area contributed by atoms with Crippen molar-refractivity contribution in [1.82, 2.24) is 0 Å². The maximum atomic E-state index is 12.8. The number of ether oxygens (including phenoxy) is 2. The third-order valence-electron chi connectivity index (χ3n) is 5.41. The quantitative estimate of drug-likeness (QED) is 0.744. The summed E-state index contributed by atoms with van der Waals surface area (Å²) in [6, 6.07) is 15.1. The molecule has 0 amide bonds. The van der Waals surface area contributed by atoms with E-state index in [1.54, 1.807) is 0 Å². The molecule has 134 valence electrons. The summed E-state index contributed by atoms with van der Waals surface area (Å²) in [5, 5.41) is 0. The number of carbonyl (C=O) groups excluding carboxylic acids is 2. The van der Waals surface area contributed by atoms with Crippen LogP contribution in [0.15, 0.2) is 48.5 Å². The average molecular weight is 350 g/mol. The van der Waals surface area contributed by atoms with Crippen LogP contribution in [0.1, 0.15) is 53.9 Å². The van der Waals surface area contributed by atoms with Gasteiger partial charge in [-0.3, -0.25) is 9.59 Å². The summed E-state index contributed by atoms with van der Waals surface area (Å²) in [4.78, 5) is 25.4. The van der Waals surface area contributed by atoms with E-state index in [2.05, 4.69) is 0 Å². The fraction of sp³-hybridized carbons (Fsp3) is 0.364. The van der Waals surface area contributed by atoms with Crippen LogP contribution in [0.3, 0.4) is 0 Å². The lowest BCUT2D eigenvalue weighted by molar-refractivity contribution is -0.125. The molecule has 1 aliphatic heterocycles. The minimum Gasteiger partial charge on any atom is -0.454 e. The van der Waals surface area contributed by atoms with Crippen molar-refractivity contribution in [3.63, 3.8) is 0 Å². The lowest BCUT2D eigenvalue weighted by Gasteiger charge is -2.29. The molecule has 2 aromatic carbocycles. The van der Waals surface area contributed by atoms with Gasteiger partial charge in [-0.2, -0.15) is 0 Å². The first-order chi connectivity index (χ1) is 12.7. The molecule has 4 nitrogen and oxygen atoms in total. The summed E-state index contributed by atoms with van der Waals surface area (Å²) in [5.41, 5.74) is 1.68. The van der Waals surface area contributed by atoms with Gasteiger partial charge >= 0.3 is 0 Å². The van der Waals surface area contributed by atoms with E-state index in [1.807, 2.05) is 48.5 Å². The Morgan fingerprint density at radius 3 is 2.65 bits per heavy atom. The van der Waals surface area contributed by atoms with Gasteiger partial charge in [-0.15, -0.1) is 0 Å². The van der Waals surface area contributed by atoms with Gasteiger partial charge in [0, 0.05) is 30.2 Å².